The van der Waals surface area contributed by atoms with E-state index in [-0.39, 0.29) is 31.2 Å². The fourth-order valence-corrected chi connectivity index (χ4v) is 7.51. The van der Waals surface area contributed by atoms with E-state index in [1.807, 2.05) is 39.5 Å². The van der Waals surface area contributed by atoms with Crippen LogP contribution >= 0.6 is 11.6 Å². The largest absolute Gasteiger partial charge is 0.472 e. The molecule has 2 aromatic heterocycles. The third-order valence-corrected chi connectivity index (χ3v) is 10.6. The van der Waals surface area contributed by atoms with Crippen molar-refractivity contribution in [2.24, 2.45) is 11.3 Å². The van der Waals surface area contributed by atoms with Gasteiger partial charge in [-0.2, -0.15) is 0 Å². The van der Waals surface area contributed by atoms with Crippen LogP contribution in [0.2, 0.25) is 5.02 Å². The number of halogens is 1. The highest BCUT2D eigenvalue weighted by molar-refractivity contribution is 6.30. The Kier molecular flexibility index (Phi) is 15.3. The van der Waals surface area contributed by atoms with Crippen LogP contribution in [0, 0.1) is 11.3 Å². The van der Waals surface area contributed by atoms with Crippen LogP contribution in [0.5, 0.6) is 5.88 Å². The van der Waals surface area contributed by atoms with Crippen molar-refractivity contribution < 1.29 is 19.4 Å². The van der Waals surface area contributed by atoms with E-state index in [1.54, 1.807) is 30.7 Å². The summed E-state index contributed by atoms with van der Waals surface area (Å²) in [5.74, 6) is -0.182. The monoisotopic (exact) mass is 776 g/mol. The summed E-state index contributed by atoms with van der Waals surface area (Å²) in [5, 5.41) is 25.2. The van der Waals surface area contributed by atoms with Gasteiger partial charge in [0.15, 0.2) is 5.72 Å². The third kappa shape index (κ3) is 11.5. The number of nitrogens with zero attached hydrogens (tertiary/aromatic N) is 4. The lowest BCUT2D eigenvalue weighted by Gasteiger charge is -2.41. The molecule has 2 unspecified atom stereocenters. The Balaban J connectivity index is 1.64. The molecule has 13 heteroatoms. The van der Waals surface area contributed by atoms with Gasteiger partial charge in [0.05, 0.1) is 29.5 Å². The van der Waals surface area contributed by atoms with Crippen molar-refractivity contribution in [3.05, 3.63) is 90.9 Å². The molecule has 0 spiro atoms. The van der Waals surface area contributed by atoms with E-state index in [4.69, 9.17) is 16.3 Å². The average molecular weight is 777 g/mol. The lowest BCUT2D eigenvalue weighted by Crippen LogP contribution is -2.58. The van der Waals surface area contributed by atoms with Gasteiger partial charge >= 0.3 is 0 Å². The van der Waals surface area contributed by atoms with Gasteiger partial charge in [-0.05, 0) is 43.1 Å². The molecule has 1 saturated carbocycles. The van der Waals surface area contributed by atoms with Gasteiger partial charge in [-0.1, -0.05) is 98.2 Å². The zero-order valence-corrected chi connectivity index (χ0v) is 34.1. The van der Waals surface area contributed by atoms with Crippen LogP contribution in [0.25, 0.3) is 5.70 Å². The minimum Gasteiger partial charge on any atom is -0.472 e. The van der Waals surface area contributed by atoms with E-state index in [0.29, 0.717) is 52.2 Å². The number of hydrogen-bond donors (Lipinski definition) is 5. The second-order valence-electron chi connectivity index (χ2n) is 15.8. The maximum Gasteiger partial charge on any atom is 0.245 e. The van der Waals surface area contributed by atoms with Crippen molar-refractivity contribution in [3.63, 3.8) is 0 Å². The van der Waals surface area contributed by atoms with Crippen molar-refractivity contribution in [1.29, 1.82) is 0 Å². The maximum atomic E-state index is 14.5. The van der Waals surface area contributed by atoms with Gasteiger partial charge in [-0.15, -0.1) is 0 Å². The summed E-state index contributed by atoms with van der Waals surface area (Å²) >= 11 is 6.09. The van der Waals surface area contributed by atoms with Gasteiger partial charge < -0.3 is 36.0 Å². The Morgan fingerprint density at radius 3 is 2.35 bits per heavy atom. The number of amides is 2. The first-order valence-corrected chi connectivity index (χ1v) is 19.9. The second kappa shape index (κ2) is 19.4. The number of nitrogens with one attached hydrogen (secondary N) is 4. The van der Waals surface area contributed by atoms with Crippen LogP contribution in [0.1, 0.15) is 98.1 Å². The van der Waals surface area contributed by atoms with Crippen molar-refractivity contribution in [2.45, 2.75) is 122 Å². The molecule has 1 saturated heterocycles. The molecule has 1 aliphatic heterocycles. The standard InChI is InChI=1S/C42H61ClN8O4/c1-10-19-42(54,27(3)28(4)45-20-11-2)50-39(52)35-23-33(55-36-18-17-32(43)24-47-36)26-51(35)30(6)38(41(7,8)9)49-40(53)37(31-15-13-12-14-16-31)48-29(5)34-25-44-21-22-46-34/h17-18,21-22,24-25,31,33,35,37-38,45,48,54H,3-6,10-16,19-20,23,26H2,1-2,7-9H3,(H,49,53)(H,50,52)/t33-,35?,37+,38?,42-/m1/s1. The zero-order valence-electron chi connectivity index (χ0n) is 33.3. The molecule has 2 aromatic rings. The predicted octanol–water partition coefficient (Wildman–Crippen LogP) is 6.28. The van der Waals surface area contributed by atoms with Crippen LogP contribution < -0.4 is 26.0 Å². The van der Waals surface area contributed by atoms with E-state index >= 15 is 0 Å². The molecular formula is C42H61ClN8O4. The van der Waals surface area contributed by atoms with Crippen molar-refractivity contribution >= 4 is 29.1 Å². The molecule has 2 fully saturated rings. The van der Waals surface area contributed by atoms with E-state index in [1.165, 1.54) is 6.20 Å². The van der Waals surface area contributed by atoms with Crippen molar-refractivity contribution in [2.75, 3.05) is 13.1 Å². The van der Waals surface area contributed by atoms with E-state index in [0.717, 1.165) is 38.5 Å². The fraction of sp³-hybridized carbons (Fsp3) is 0.548. The first kappa shape index (κ1) is 43.3. The Labute approximate surface area is 332 Å². The number of ether oxygens (including phenoxy) is 1. The maximum absolute atomic E-state index is 14.5. The van der Waals surface area contributed by atoms with Crippen LogP contribution in [0.15, 0.2) is 80.2 Å². The average Bonchev–Trinajstić information content (AvgIpc) is 3.59. The molecule has 0 bridgehead atoms. The molecule has 12 nitrogen and oxygen atoms in total. The van der Waals surface area contributed by atoms with Crippen LogP contribution in [-0.4, -0.2) is 79.8 Å². The summed E-state index contributed by atoms with van der Waals surface area (Å²) in [6.45, 7) is 27.9. The Morgan fingerprint density at radius 2 is 1.75 bits per heavy atom. The molecule has 2 amide bonds. The quantitative estimate of drug-likeness (QED) is 0.0815. The van der Waals surface area contributed by atoms with Crippen LogP contribution in [-0.2, 0) is 9.59 Å². The zero-order chi connectivity index (χ0) is 40.3. The number of likely N-dealkylation sites (tertiary alicyclic amines) is 1. The first-order valence-electron chi connectivity index (χ1n) is 19.5. The lowest BCUT2D eigenvalue weighted by molar-refractivity contribution is -0.131. The molecule has 1 aliphatic carbocycles. The number of hydrogen-bond acceptors (Lipinski definition) is 10. The number of rotatable bonds is 19. The molecule has 55 heavy (non-hydrogen) atoms. The van der Waals surface area contributed by atoms with Crippen molar-refractivity contribution in [1.82, 2.24) is 41.1 Å². The summed E-state index contributed by atoms with van der Waals surface area (Å²) < 4.78 is 6.29. The van der Waals surface area contributed by atoms with E-state index in [9.17, 15) is 14.7 Å². The molecule has 300 valence electrons. The molecule has 0 aromatic carbocycles. The number of pyridine rings is 1. The summed E-state index contributed by atoms with van der Waals surface area (Å²) in [5.41, 5.74) is 0.0967. The molecule has 5 atom stereocenters. The normalized spacial score (nSPS) is 19.7. The molecule has 4 rings (SSSR count). The summed E-state index contributed by atoms with van der Waals surface area (Å²) in [7, 11) is 0. The second-order valence-corrected chi connectivity index (χ2v) is 16.3. The predicted molar refractivity (Wildman–Crippen MR) is 218 cm³/mol. The number of carbonyl (C=O) groups is 2. The topological polar surface area (TPSA) is 154 Å². The Hall–Kier alpha value is -4.42. The van der Waals surface area contributed by atoms with E-state index in [2.05, 4.69) is 62.5 Å². The minimum atomic E-state index is -1.75. The van der Waals surface area contributed by atoms with Crippen molar-refractivity contribution in [3.8, 4) is 5.88 Å². The third-order valence-electron chi connectivity index (χ3n) is 10.4. The van der Waals surface area contributed by atoms with Gasteiger partial charge in [0.25, 0.3) is 0 Å². The SMILES string of the molecule is C=C(NCCC)C(=C)[C@](O)(CCC)NC(=O)C1C[C@@H](Oc2ccc(Cl)cn2)CN1C(=C)C(NC(=O)[C@@H](NC(=C)c1cnccn1)C1CCCCC1)C(C)(C)C. The smallest absolute Gasteiger partial charge is 0.245 e. The lowest BCUT2D eigenvalue weighted by atomic mass is 9.81. The first-order chi connectivity index (χ1) is 26.1. The number of aliphatic hydroxyl groups is 1. The van der Waals surface area contributed by atoms with Crippen LogP contribution in [0.3, 0.4) is 0 Å². The highest BCUT2D eigenvalue weighted by Gasteiger charge is 2.46. The van der Waals surface area contributed by atoms with E-state index < -0.39 is 41.3 Å². The molecule has 3 heterocycles. The molecular weight excluding hydrogens is 716 g/mol. The van der Waals surface area contributed by atoms with Gasteiger partial charge in [0.1, 0.15) is 23.9 Å². The highest BCUT2D eigenvalue weighted by Crippen LogP contribution is 2.35. The highest BCUT2D eigenvalue weighted by atomic mass is 35.5. The minimum absolute atomic E-state index is 0.0805. The number of aromatic nitrogens is 3. The fourth-order valence-electron chi connectivity index (χ4n) is 7.40. The summed E-state index contributed by atoms with van der Waals surface area (Å²) in [6.07, 6.45) is 12.8. The van der Waals surface area contributed by atoms with Gasteiger partial charge in [-0.3, -0.25) is 19.6 Å². The summed E-state index contributed by atoms with van der Waals surface area (Å²) in [6, 6.07) is 1.38. The Morgan fingerprint density at radius 1 is 1.02 bits per heavy atom. The molecule has 5 N–H and O–H groups in total. The Bertz CT molecular complexity index is 1660. The van der Waals surface area contributed by atoms with Crippen LogP contribution in [0.4, 0.5) is 0 Å². The van der Waals surface area contributed by atoms with Gasteiger partial charge in [0, 0.05) is 54.6 Å². The number of carbonyl (C=O) groups excluding carboxylic acids is 2. The molecule has 0 radical (unpaired) electrons. The van der Waals surface area contributed by atoms with Gasteiger partial charge in [-0.25, -0.2) is 4.98 Å². The molecule has 2 aliphatic rings. The summed E-state index contributed by atoms with van der Waals surface area (Å²) in [4.78, 5) is 43.7. The van der Waals surface area contributed by atoms with Gasteiger partial charge in [0.2, 0.25) is 17.7 Å².